The maximum absolute atomic E-state index is 12.7. The quantitative estimate of drug-likeness (QED) is 0.884. The van der Waals surface area contributed by atoms with Crippen molar-refractivity contribution in [3.8, 4) is 11.6 Å². The zero-order valence-corrected chi connectivity index (χ0v) is 14.5. The van der Waals surface area contributed by atoms with Crippen LogP contribution in [0.5, 0.6) is 11.6 Å². The van der Waals surface area contributed by atoms with E-state index in [2.05, 4.69) is 15.3 Å². The lowest BCUT2D eigenvalue weighted by Crippen LogP contribution is -2.39. The minimum atomic E-state index is -0.259. The van der Waals surface area contributed by atoms with E-state index in [-0.39, 0.29) is 11.8 Å². The van der Waals surface area contributed by atoms with Gasteiger partial charge in [0.25, 0.3) is 0 Å². The van der Waals surface area contributed by atoms with Crippen molar-refractivity contribution in [1.29, 1.82) is 0 Å². The van der Waals surface area contributed by atoms with Gasteiger partial charge in [-0.15, -0.1) is 0 Å². The van der Waals surface area contributed by atoms with Crippen LogP contribution < -0.4 is 15.0 Å². The van der Waals surface area contributed by atoms with Gasteiger partial charge in [0, 0.05) is 27.2 Å². The number of amides is 2. The van der Waals surface area contributed by atoms with Crippen LogP contribution in [0.15, 0.2) is 24.5 Å². The highest BCUT2D eigenvalue weighted by atomic mass is 16.5. The molecular formula is C17H21N5O3. The number of methoxy groups -OCH3 is 1. The van der Waals surface area contributed by atoms with Crippen molar-refractivity contribution in [3.63, 3.8) is 0 Å². The van der Waals surface area contributed by atoms with Crippen LogP contribution in [0.2, 0.25) is 0 Å². The molecule has 2 heterocycles. The van der Waals surface area contributed by atoms with Gasteiger partial charge in [-0.05, 0) is 29.7 Å². The number of nitrogens with one attached hydrogen (secondary N) is 1. The normalized spacial score (nSPS) is 13.2. The molecule has 1 aromatic heterocycles. The van der Waals surface area contributed by atoms with Gasteiger partial charge >= 0.3 is 6.03 Å². The van der Waals surface area contributed by atoms with Crippen LogP contribution in [-0.4, -0.2) is 53.8 Å². The number of phenols is 1. The van der Waals surface area contributed by atoms with Crippen molar-refractivity contribution in [3.05, 3.63) is 35.7 Å². The summed E-state index contributed by atoms with van der Waals surface area (Å²) in [6, 6.07) is 5.01. The Hall–Kier alpha value is -3.03. The van der Waals surface area contributed by atoms with Crippen molar-refractivity contribution in [2.45, 2.75) is 13.0 Å². The molecule has 3 rings (SSSR count). The van der Waals surface area contributed by atoms with E-state index in [0.29, 0.717) is 30.5 Å². The van der Waals surface area contributed by atoms with Crippen LogP contribution in [0.25, 0.3) is 0 Å². The molecule has 8 heteroatoms. The Kier molecular flexibility index (Phi) is 4.60. The van der Waals surface area contributed by atoms with Gasteiger partial charge in [0.05, 0.1) is 7.11 Å². The first-order chi connectivity index (χ1) is 12.0. The van der Waals surface area contributed by atoms with Crippen LogP contribution in [0.3, 0.4) is 0 Å². The number of rotatable bonds is 3. The zero-order valence-electron chi connectivity index (χ0n) is 14.5. The van der Waals surface area contributed by atoms with Gasteiger partial charge in [0.2, 0.25) is 5.88 Å². The van der Waals surface area contributed by atoms with Crippen molar-refractivity contribution in [1.82, 2.24) is 14.9 Å². The van der Waals surface area contributed by atoms with Gasteiger partial charge in [0.15, 0.2) is 5.82 Å². The highest BCUT2D eigenvalue weighted by molar-refractivity contribution is 5.94. The van der Waals surface area contributed by atoms with Crippen molar-refractivity contribution >= 4 is 17.5 Å². The Morgan fingerprint density at radius 2 is 2.12 bits per heavy atom. The number of aromatic nitrogens is 2. The van der Waals surface area contributed by atoms with E-state index in [9.17, 15) is 9.90 Å². The fourth-order valence-corrected chi connectivity index (χ4v) is 2.87. The van der Waals surface area contributed by atoms with E-state index < -0.39 is 0 Å². The SMILES string of the molecule is COc1ncnc(N(C)C)c1NC(=O)N1CCc2ccc(O)cc2C1. The summed E-state index contributed by atoms with van der Waals surface area (Å²) < 4.78 is 5.25. The van der Waals surface area contributed by atoms with Crippen LogP contribution in [-0.2, 0) is 13.0 Å². The second-order valence-electron chi connectivity index (χ2n) is 6.03. The summed E-state index contributed by atoms with van der Waals surface area (Å²) in [5.41, 5.74) is 2.53. The average molecular weight is 343 g/mol. The number of anilines is 2. The van der Waals surface area contributed by atoms with Crippen LogP contribution >= 0.6 is 0 Å². The Bertz CT molecular complexity index is 794. The maximum Gasteiger partial charge on any atom is 0.322 e. The molecule has 1 aliphatic rings. The first-order valence-electron chi connectivity index (χ1n) is 7.92. The van der Waals surface area contributed by atoms with E-state index in [1.807, 2.05) is 20.2 Å². The lowest BCUT2D eigenvalue weighted by atomic mass is 10.00. The molecule has 0 fully saturated rings. The van der Waals surface area contributed by atoms with E-state index in [1.54, 1.807) is 21.9 Å². The van der Waals surface area contributed by atoms with Gasteiger partial charge in [-0.2, -0.15) is 4.98 Å². The fourth-order valence-electron chi connectivity index (χ4n) is 2.87. The third-order valence-electron chi connectivity index (χ3n) is 4.13. The molecule has 0 radical (unpaired) electrons. The number of phenolic OH excluding ortho intramolecular Hbond substituents is 1. The Morgan fingerprint density at radius 1 is 1.32 bits per heavy atom. The third-order valence-corrected chi connectivity index (χ3v) is 4.13. The van der Waals surface area contributed by atoms with E-state index in [1.165, 1.54) is 13.4 Å². The van der Waals surface area contributed by atoms with Crippen molar-refractivity contribution in [2.75, 3.05) is 38.0 Å². The number of urea groups is 1. The van der Waals surface area contributed by atoms with Crippen LogP contribution in [0, 0.1) is 0 Å². The van der Waals surface area contributed by atoms with E-state index in [0.717, 1.165) is 17.5 Å². The zero-order chi connectivity index (χ0) is 18.0. The molecule has 0 saturated carbocycles. The first-order valence-corrected chi connectivity index (χ1v) is 7.92. The van der Waals surface area contributed by atoms with E-state index >= 15 is 0 Å². The van der Waals surface area contributed by atoms with Gasteiger partial charge in [0.1, 0.15) is 17.8 Å². The largest absolute Gasteiger partial charge is 0.508 e. The fraction of sp³-hybridized carbons (Fsp3) is 0.353. The van der Waals surface area contributed by atoms with Gasteiger partial charge in [-0.1, -0.05) is 6.07 Å². The average Bonchev–Trinajstić information content (AvgIpc) is 2.60. The maximum atomic E-state index is 12.7. The first kappa shape index (κ1) is 16.8. The molecule has 8 nitrogen and oxygen atoms in total. The highest BCUT2D eigenvalue weighted by Gasteiger charge is 2.24. The number of benzene rings is 1. The molecule has 0 saturated heterocycles. The molecule has 0 bridgehead atoms. The summed E-state index contributed by atoms with van der Waals surface area (Å²) in [6.07, 6.45) is 2.13. The summed E-state index contributed by atoms with van der Waals surface area (Å²) >= 11 is 0. The molecule has 1 aromatic carbocycles. The number of fused-ring (bicyclic) bond motifs is 1. The lowest BCUT2D eigenvalue weighted by molar-refractivity contribution is 0.206. The number of nitrogens with zero attached hydrogens (tertiary/aromatic N) is 4. The smallest absolute Gasteiger partial charge is 0.322 e. The molecule has 132 valence electrons. The molecule has 0 unspecified atom stereocenters. The number of ether oxygens (including phenoxy) is 1. The van der Waals surface area contributed by atoms with Crippen molar-refractivity contribution < 1.29 is 14.6 Å². The van der Waals surface area contributed by atoms with E-state index in [4.69, 9.17) is 4.74 Å². The lowest BCUT2D eigenvalue weighted by Gasteiger charge is -2.29. The number of carbonyl (C=O) groups is 1. The number of aromatic hydroxyl groups is 1. The van der Waals surface area contributed by atoms with Crippen molar-refractivity contribution in [2.24, 2.45) is 0 Å². The number of carbonyl (C=O) groups excluding carboxylic acids is 1. The molecule has 0 spiro atoms. The second-order valence-corrected chi connectivity index (χ2v) is 6.03. The molecule has 0 aliphatic carbocycles. The summed E-state index contributed by atoms with van der Waals surface area (Å²) in [6.45, 7) is 1.03. The van der Waals surface area contributed by atoms with Gasteiger partial charge in [-0.25, -0.2) is 9.78 Å². The topological polar surface area (TPSA) is 90.8 Å². The van der Waals surface area contributed by atoms with Gasteiger partial charge < -0.3 is 19.6 Å². The summed E-state index contributed by atoms with van der Waals surface area (Å²) in [4.78, 5) is 24.5. The Balaban J connectivity index is 1.82. The minimum Gasteiger partial charge on any atom is -0.508 e. The van der Waals surface area contributed by atoms with Gasteiger partial charge in [-0.3, -0.25) is 5.32 Å². The standard InChI is InChI=1S/C17H21N5O3/c1-21(2)15-14(16(25-3)19-10-18-15)20-17(24)22-7-6-11-4-5-13(23)8-12(11)9-22/h4-5,8,10,23H,6-7,9H2,1-3H3,(H,20,24). The number of hydrogen-bond acceptors (Lipinski definition) is 6. The van der Waals surface area contributed by atoms with Crippen LogP contribution in [0.4, 0.5) is 16.3 Å². The number of hydrogen-bond donors (Lipinski definition) is 2. The monoisotopic (exact) mass is 343 g/mol. The molecule has 1 aliphatic heterocycles. The highest BCUT2D eigenvalue weighted by Crippen LogP contribution is 2.31. The molecule has 2 amide bonds. The van der Waals surface area contributed by atoms with Crippen LogP contribution in [0.1, 0.15) is 11.1 Å². The molecule has 2 N–H and O–H groups in total. The molecular weight excluding hydrogens is 322 g/mol. The minimum absolute atomic E-state index is 0.203. The Labute approximate surface area is 146 Å². The third kappa shape index (κ3) is 3.42. The molecule has 2 aromatic rings. The summed E-state index contributed by atoms with van der Waals surface area (Å²) in [5, 5.41) is 12.5. The predicted molar refractivity (Wildman–Crippen MR) is 94.2 cm³/mol. The predicted octanol–water partition coefficient (Wildman–Crippen LogP) is 1.85. The summed E-state index contributed by atoms with van der Waals surface area (Å²) in [5.74, 6) is 1.08. The Morgan fingerprint density at radius 3 is 2.84 bits per heavy atom. The summed E-state index contributed by atoms with van der Waals surface area (Å²) in [7, 11) is 5.16. The molecule has 0 atom stereocenters. The second kappa shape index (κ2) is 6.84. The molecule has 25 heavy (non-hydrogen) atoms.